The standard InChI is InChI=1S/C24H29N5O3/c1-4-5-10-21(30)29(22(16(2)3)24(31)32)15-17-11-13-18(14-12-17)19-8-6-7-9-20(19)23-25-27-28-26-23/h6-9,11-14,16,22H,4-5,10,15H2,1-3H3,(H,31,32)(H,25,26,27,28)/p+1/t22-/m0/s1. The van der Waals surface area contributed by atoms with E-state index in [9.17, 15) is 14.7 Å². The number of H-pyrrole nitrogens is 1. The number of aromatic nitrogens is 4. The molecule has 168 valence electrons. The first-order valence-electron chi connectivity index (χ1n) is 10.9. The number of aromatic amines is 1. The van der Waals surface area contributed by atoms with Gasteiger partial charge in [-0.1, -0.05) is 75.7 Å². The van der Waals surface area contributed by atoms with Crippen LogP contribution in [0, 0.1) is 5.92 Å². The third-order valence-corrected chi connectivity index (χ3v) is 5.42. The van der Waals surface area contributed by atoms with Crippen LogP contribution in [0.1, 0.15) is 47.0 Å². The predicted octanol–water partition coefficient (Wildman–Crippen LogP) is 4.27. The molecule has 32 heavy (non-hydrogen) atoms. The summed E-state index contributed by atoms with van der Waals surface area (Å²) in [5.41, 5.74) is 3.66. The molecule has 8 heteroatoms. The average Bonchev–Trinajstić information content (AvgIpc) is 3.32. The first-order valence-corrected chi connectivity index (χ1v) is 10.9. The quantitative estimate of drug-likeness (QED) is 0.491. The van der Waals surface area contributed by atoms with Gasteiger partial charge in [0.15, 0.2) is 0 Å². The minimum atomic E-state index is -0.976. The van der Waals surface area contributed by atoms with Gasteiger partial charge in [-0.15, -0.1) is 10.2 Å². The monoisotopic (exact) mass is 436 g/mol. The van der Waals surface area contributed by atoms with Crippen molar-refractivity contribution in [2.75, 3.05) is 0 Å². The van der Waals surface area contributed by atoms with Gasteiger partial charge in [0.1, 0.15) is 6.04 Å². The summed E-state index contributed by atoms with van der Waals surface area (Å²) in [4.78, 5) is 26.3. The molecule has 0 radical (unpaired) electrons. The number of nitrogens with zero attached hydrogens (tertiary/aromatic N) is 4. The molecule has 1 atom stereocenters. The topological polar surface area (TPSA) is 112 Å². The molecule has 2 N–H and O–H groups in total. The maximum Gasteiger partial charge on any atom is 1.00 e. The number of benzene rings is 2. The van der Waals surface area contributed by atoms with Crippen molar-refractivity contribution in [3.8, 4) is 22.5 Å². The van der Waals surface area contributed by atoms with E-state index < -0.39 is 12.0 Å². The Balaban J connectivity index is 0.00000385. The number of tetrazole rings is 1. The number of carbonyl (C=O) groups excluding carboxylic acids is 1. The van der Waals surface area contributed by atoms with E-state index in [4.69, 9.17) is 0 Å². The van der Waals surface area contributed by atoms with Crippen molar-refractivity contribution in [1.82, 2.24) is 25.5 Å². The van der Waals surface area contributed by atoms with Gasteiger partial charge in [0.2, 0.25) is 11.7 Å². The molecule has 3 aromatic rings. The zero-order chi connectivity index (χ0) is 23.1. The average molecular weight is 437 g/mol. The Morgan fingerprint density at radius 2 is 1.78 bits per heavy atom. The van der Waals surface area contributed by atoms with Crippen LogP contribution in [0.15, 0.2) is 48.5 Å². The van der Waals surface area contributed by atoms with Gasteiger partial charge in [-0.05, 0) is 34.2 Å². The van der Waals surface area contributed by atoms with Gasteiger partial charge in [0, 0.05) is 18.5 Å². The lowest BCUT2D eigenvalue weighted by Gasteiger charge is -2.32. The third kappa shape index (κ3) is 5.38. The molecule has 0 aliphatic carbocycles. The summed E-state index contributed by atoms with van der Waals surface area (Å²) in [6, 6.07) is 14.7. The van der Waals surface area contributed by atoms with Crippen LogP contribution >= 0.6 is 0 Å². The van der Waals surface area contributed by atoms with Gasteiger partial charge in [-0.3, -0.25) is 4.79 Å². The lowest BCUT2D eigenvalue weighted by molar-refractivity contribution is -0.153. The third-order valence-electron chi connectivity index (χ3n) is 5.42. The minimum absolute atomic E-state index is 0. The number of hydrogen-bond donors (Lipinski definition) is 2. The number of hydrogen-bond acceptors (Lipinski definition) is 5. The van der Waals surface area contributed by atoms with Crippen molar-refractivity contribution < 1.29 is 16.1 Å². The summed E-state index contributed by atoms with van der Waals surface area (Å²) in [5.74, 6) is -0.784. The van der Waals surface area contributed by atoms with Crippen molar-refractivity contribution in [2.24, 2.45) is 5.92 Å². The number of rotatable bonds is 10. The molecule has 0 aliphatic heterocycles. The second-order valence-corrected chi connectivity index (χ2v) is 8.13. The van der Waals surface area contributed by atoms with E-state index in [-0.39, 0.29) is 19.8 Å². The first kappa shape index (κ1) is 23.1. The zero-order valence-electron chi connectivity index (χ0n) is 19.7. The number of carboxylic acids is 1. The zero-order valence-corrected chi connectivity index (χ0v) is 18.7. The Hall–Kier alpha value is -3.55. The largest absolute Gasteiger partial charge is 1.00 e. The predicted molar refractivity (Wildman–Crippen MR) is 122 cm³/mol. The van der Waals surface area contributed by atoms with Crippen molar-refractivity contribution in [1.29, 1.82) is 0 Å². The molecule has 1 amide bonds. The lowest BCUT2D eigenvalue weighted by atomic mass is 9.97. The molecule has 0 unspecified atom stereocenters. The highest BCUT2D eigenvalue weighted by Gasteiger charge is 2.32. The Labute approximate surface area is 189 Å². The molecule has 8 nitrogen and oxygen atoms in total. The number of amides is 1. The molecular formula is C24H30N5O3+. The van der Waals surface area contributed by atoms with Crippen LogP contribution in [0.2, 0.25) is 0 Å². The second kappa shape index (κ2) is 10.7. The summed E-state index contributed by atoms with van der Waals surface area (Å²) < 4.78 is 0. The number of carbonyl (C=O) groups is 2. The van der Waals surface area contributed by atoms with E-state index in [1.165, 1.54) is 4.90 Å². The van der Waals surface area contributed by atoms with Gasteiger partial charge >= 0.3 is 7.40 Å². The summed E-state index contributed by atoms with van der Waals surface area (Å²) in [6.45, 7) is 5.93. The van der Waals surface area contributed by atoms with Gasteiger partial charge in [0.05, 0.1) is 0 Å². The number of aliphatic carboxylic acids is 1. The van der Waals surface area contributed by atoms with Crippen molar-refractivity contribution >= 4 is 11.9 Å². The van der Waals surface area contributed by atoms with E-state index >= 15 is 0 Å². The molecule has 1 aromatic heterocycles. The lowest BCUT2D eigenvalue weighted by Crippen LogP contribution is -2.47. The highest BCUT2D eigenvalue weighted by Crippen LogP contribution is 2.30. The van der Waals surface area contributed by atoms with Gasteiger partial charge in [-0.25, -0.2) is 4.79 Å². The molecule has 0 saturated carbocycles. The summed E-state index contributed by atoms with van der Waals surface area (Å²) in [5, 5.41) is 24.0. The fraction of sp³-hybridized carbons (Fsp3) is 0.375. The smallest absolute Gasteiger partial charge is 0.480 e. The van der Waals surface area contributed by atoms with Crippen LogP contribution in [0.25, 0.3) is 22.5 Å². The molecule has 0 fully saturated rings. The van der Waals surface area contributed by atoms with Crippen LogP contribution in [0.5, 0.6) is 0 Å². The molecule has 2 aromatic carbocycles. The highest BCUT2D eigenvalue weighted by atomic mass is 16.4. The van der Waals surface area contributed by atoms with Gasteiger partial charge in [0.25, 0.3) is 0 Å². The Morgan fingerprint density at radius 3 is 2.34 bits per heavy atom. The van der Waals surface area contributed by atoms with E-state index in [0.29, 0.717) is 12.2 Å². The van der Waals surface area contributed by atoms with Crippen molar-refractivity contribution in [3.63, 3.8) is 0 Å². The van der Waals surface area contributed by atoms with Gasteiger partial charge in [-0.2, -0.15) is 5.21 Å². The number of carboxylic acid groups (broad SMARTS) is 1. The fourth-order valence-corrected chi connectivity index (χ4v) is 3.78. The summed E-state index contributed by atoms with van der Waals surface area (Å²) in [7, 11) is 0. The Bertz CT molecular complexity index is 1040. The van der Waals surface area contributed by atoms with E-state index in [1.54, 1.807) is 0 Å². The van der Waals surface area contributed by atoms with Crippen LogP contribution in [0.4, 0.5) is 0 Å². The maximum atomic E-state index is 12.9. The van der Waals surface area contributed by atoms with E-state index in [0.717, 1.165) is 35.1 Å². The van der Waals surface area contributed by atoms with Crippen molar-refractivity contribution in [3.05, 3.63) is 54.1 Å². The second-order valence-electron chi connectivity index (χ2n) is 8.13. The van der Waals surface area contributed by atoms with E-state index in [2.05, 4.69) is 20.6 Å². The summed E-state index contributed by atoms with van der Waals surface area (Å²) in [6.07, 6.45) is 1.97. The molecule has 0 aliphatic rings. The van der Waals surface area contributed by atoms with Crippen LogP contribution in [-0.2, 0) is 16.1 Å². The Morgan fingerprint density at radius 1 is 1.09 bits per heavy atom. The van der Waals surface area contributed by atoms with Crippen LogP contribution in [-0.4, -0.2) is 48.5 Å². The minimum Gasteiger partial charge on any atom is -0.480 e. The maximum absolute atomic E-state index is 12.9. The van der Waals surface area contributed by atoms with Gasteiger partial charge < -0.3 is 10.0 Å². The molecular weight excluding hydrogens is 406 g/mol. The first-order chi connectivity index (χ1) is 15.4. The molecule has 3 rings (SSSR count). The Kier molecular flexibility index (Phi) is 7.70. The highest BCUT2D eigenvalue weighted by molar-refractivity contribution is 5.84. The molecule has 0 bridgehead atoms. The van der Waals surface area contributed by atoms with Crippen LogP contribution in [0.3, 0.4) is 0 Å². The molecule has 0 saturated heterocycles. The number of nitrogens with one attached hydrogen (secondary N) is 1. The van der Waals surface area contributed by atoms with Crippen molar-refractivity contribution in [2.45, 2.75) is 52.6 Å². The van der Waals surface area contributed by atoms with E-state index in [1.807, 2.05) is 69.3 Å². The summed E-state index contributed by atoms with van der Waals surface area (Å²) >= 11 is 0. The fourth-order valence-electron chi connectivity index (χ4n) is 3.78. The molecule has 1 heterocycles. The normalized spacial score (nSPS) is 12.0. The SMILES string of the molecule is CCCCC(=O)N(Cc1ccc(-c2ccccc2-c2nn[nH]n2)cc1)[C@H](C(=O)O)C(C)C.[H+]. The molecule has 0 spiro atoms. The number of unbranched alkanes of at least 4 members (excludes halogenated alkanes) is 1. The van der Waals surface area contributed by atoms with Crippen LogP contribution < -0.4 is 0 Å².